The van der Waals surface area contributed by atoms with Gasteiger partial charge in [0.25, 0.3) is 11.6 Å². The maximum atomic E-state index is 12.8. The average molecular weight is 342 g/mol. The Balaban J connectivity index is 2.37. The first-order chi connectivity index (χ1) is 12.0. The lowest BCUT2D eigenvalue weighted by atomic mass is 10.1. The van der Waals surface area contributed by atoms with Crippen molar-refractivity contribution in [3.8, 4) is 0 Å². The maximum Gasteiger partial charge on any atom is 0.338 e. The molecule has 0 aliphatic rings. The number of nitro groups is 1. The van der Waals surface area contributed by atoms with E-state index in [1.54, 1.807) is 4.90 Å². The number of nitro benzene ring substituents is 1. The van der Waals surface area contributed by atoms with Gasteiger partial charge in [-0.05, 0) is 18.6 Å². The number of nitrogens with zero attached hydrogens (tertiary/aromatic N) is 2. The van der Waals surface area contributed by atoms with Gasteiger partial charge in [0.05, 0.1) is 17.6 Å². The number of ether oxygens (including phenoxy) is 1. The number of hydrogen-bond donors (Lipinski definition) is 0. The van der Waals surface area contributed by atoms with E-state index < -0.39 is 10.9 Å². The fraction of sp³-hybridized carbons (Fsp3) is 0.222. The predicted octanol–water partition coefficient (Wildman–Crippen LogP) is 3.04. The molecule has 0 heterocycles. The van der Waals surface area contributed by atoms with E-state index in [0.29, 0.717) is 13.1 Å². The van der Waals surface area contributed by atoms with Crippen LogP contribution in [0, 0.1) is 10.1 Å². The summed E-state index contributed by atoms with van der Waals surface area (Å²) in [4.78, 5) is 36.5. The van der Waals surface area contributed by atoms with Crippen molar-refractivity contribution in [3.63, 3.8) is 0 Å². The van der Waals surface area contributed by atoms with Gasteiger partial charge in [-0.3, -0.25) is 14.9 Å². The van der Waals surface area contributed by atoms with Gasteiger partial charge in [0, 0.05) is 30.8 Å². The van der Waals surface area contributed by atoms with Crippen LogP contribution in [0.5, 0.6) is 0 Å². The number of amides is 1. The Morgan fingerprint density at radius 2 is 1.76 bits per heavy atom. The lowest BCUT2D eigenvalue weighted by Crippen LogP contribution is -2.30. The average Bonchev–Trinajstić information content (AvgIpc) is 2.65. The van der Waals surface area contributed by atoms with Crippen LogP contribution in [0.2, 0.25) is 0 Å². The molecule has 2 aromatic carbocycles. The molecule has 2 aromatic rings. The van der Waals surface area contributed by atoms with Crippen molar-refractivity contribution in [1.29, 1.82) is 0 Å². The predicted molar refractivity (Wildman–Crippen MR) is 91.3 cm³/mol. The van der Waals surface area contributed by atoms with E-state index in [4.69, 9.17) is 0 Å². The molecule has 0 aliphatic heterocycles. The van der Waals surface area contributed by atoms with Gasteiger partial charge in [0.15, 0.2) is 0 Å². The Bertz CT molecular complexity index is 789. The number of carbonyl (C=O) groups excluding carboxylic acids is 2. The minimum Gasteiger partial charge on any atom is -0.465 e. The molecule has 0 aromatic heterocycles. The normalized spacial score (nSPS) is 10.2. The molecule has 0 bridgehead atoms. The van der Waals surface area contributed by atoms with Crippen LogP contribution >= 0.6 is 0 Å². The molecule has 25 heavy (non-hydrogen) atoms. The standard InChI is InChI=1S/C18H18N2O5/c1-3-19(12-13-7-5-4-6-8-13)17(21)14-9-15(18(22)25-2)11-16(10-14)20(23)24/h4-11H,3,12H2,1-2H3. The molecule has 0 aliphatic carbocycles. The zero-order valence-corrected chi connectivity index (χ0v) is 14.0. The van der Waals surface area contributed by atoms with E-state index in [9.17, 15) is 19.7 Å². The van der Waals surface area contributed by atoms with Crippen molar-refractivity contribution in [3.05, 3.63) is 75.3 Å². The molecular formula is C18H18N2O5. The molecule has 0 N–H and O–H groups in total. The summed E-state index contributed by atoms with van der Waals surface area (Å²) in [6.45, 7) is 2.61. The Labute approximate surface area is 145 Å². The van der Waals surface area contributed by atoms with Crippen LogP contribution in [0.15, 0.2) is 48.5 Å². The molecule has 0 unspecified atom stereocenters. The highest BCUT2D eigenvalue weighted by Crippen LogP contribution is 2.20. The molecule has 0 radical (unpaired) electrons. The first-order valence-electron chi connectivity index (χ1n) is 7.67. The van der Waals surface area contributed by atoms with Crippen molar-refractivity contribution in [2.24, 2.45) is 0 Å². The van der Waals surface area contributed by atoms with Crippen LogP contribution in [-0.2, 0) is 11.3 Å². The lowest BCUT2D eigenvalue weighted by Gasteiger charge is -2.21. The monoisotopic (exact) mass is 342 g/mol. The summed E-state index contributed by atoms with van der Waals surface area (Å²) in [5, 5.41) is 11.1. The van der Waals surface area contributed by atoms with E-state index in [-0.39, 0.29) is 22.7 Å². The van der Waals surface area contributed by atoms with E-state index in [1.165, 1.54) is 19.2 Å². The third kappa shape index (κ3) is 4.41. The highest BCUT2D eigenvalue weighted by molar-refractivity contribution is 5.99. The second-order valence-corrected chi connectivity index (χ2v) is 5.32. The molecule has 0 atom stereocenters. The Morgan fingerprint density at radius 3 is 2.32 bits per heavy atom. The molecular weight excluding hydrogens is 324 g/mol. The van der Waals surface area contributed by atoms with E-state index >= 15 is 0 Å². The van der Waals surface area contributed by atoms with Gasteiger partial charge in [-0.15, -0.1) is 0 Å². The third-order valence-corrected chi connectivity index (χ3v) is 3.68. The van der Waals surface area contributed by atoms with E-state index in [1.807, 2.05) is 37.3 Å². The summed E-state index contributed by atoms with van der Waals surface area (Å²) in [7, 11) is 1.18. The molecule has 0 fully saturated rings. The SMILES string of the molecule is CCN(Cc1ccccc1)C(=O)c1cc(C(=O)OC)cc([N+](=O)[O-])c1. The number of benzene rings is 2. The Hall–Kier alpha value is -3.22. The summed E-state index contributed by atoms with van der Waals surface area (Å²) in [6.07, 6.45) is 0. The minimum atomic E-state index is -0.733. The van der Waals surface area contributed by atoms with Gasteiger partial charge in [0.2, 0.25) is 0 Å². The van der Waals surface area contributed by atoms with Crippen molar-refractivity contribution < 1.29 is 19.2 Å². The highest BCUT2D eigenvalue weighted by atomic mass is 16.6. The smallest absolute Gasteiger partial charge is 0.338 e. The van der Waals surface area contributed by atoms with Gasteiger partial charge in [-0.2, -0.15) is 0 Å². The van der Waals surface area contributed by atoms with Crippen LogP contribution in [0.25, 0.3) is 0 Å². The molecule has 7 nitrogen and oxygen atoms in total. The van der Waals surface area contributed by atoms with Crippen LogP contribution in [0.4, 0.5) is 5.69 Å². The van der Waals surface area contributed by atoms with E-state index in [0.717, 1.165) is 11.6 Å². The first-order valence-corrected chi connectivity index (χ1v) is 7.67. The molecule has 1 amide bonds. The fourth-order valence-corrected chi connectivity index (χ4v) is 2.39. The van der Waals surface area contributed by atoms with Crippen molar-refractivity contribution in [2.75, 3.05) is 13.7 Å². The number of esters is 1. The van der Waals surface area contributed by atoms with Crippen molar-refractivity contribution in [1.82, 2.24) is 4.90 Å². The van der Waals surface area contributed by atoms with Crippen LogP contribution in [-0.4, -0.2) is 35.4 Å². The van der Waals surface area contributed by atoms with Crippen molar-refractivity contribution in [2.45, 2.75) is 13.5 Å². The summed E-state index contributed by atoms with van der Waals surface area (Å²) >= 11 is 0. The van der Waals surface area contributed by atoms with E-state index in [2.05, 4.69) is 4.74 Å². The summed E-state index contributed by atoms with van der Waals surface area (Å²) < 4.78 is 4.60. The Morgan fingerprint density at radius 1 is 1.12 bits per heavy atom. The Kier molecular flexibility index (Phi) is 5.84. The van der Waals surface area contributed by atoms with Crippen molar-refractivity contribution >= 4 is 17.6 Å². The third-order valence-electron chi connectivity index (χ3n) is 3.68. The van der Waals surface area contributed by atoms with Gasteiger partial charge in [0.1, 0.15) is 0 Å². The number of carbonyl (C=O) groups is 2. The molecule has 0 saturated heterocycles. The van der Waals surface area contributed by atoms with Crippen LogP contribution in [0.3, 0.4) is 0 Å². The molecule has 2 rings (SSSR count). The number of hydrogen-bond acceptors (Lipinski definition) is 5. The number of rotatable bonds is 6. The summed E-state index contributed by atoms with van der Waals surface area (Å²) in [6, 6.07) is 13.0. The largest absolute Gasteiger partial charge is 0.465 e. The molecule has 0 saturated carbocycles. The molecule has 130 valence electrons. The topological polar surface area (TPSA) is 89.8 Å². The maximum absolute atomic E-state index is 12.8. The fourth-order valence-electron chi connectivity index (χ4n) is 2.39. The number of non-ortho nitro benzene ring substituents is 1. The van der Waals surface area contributed by atoms with Gasteiger partial charge in [-0.1, -0.05) is 30.3 Å². The first kappa shape index (κ1) is 18.1. The quantitative estimate of drug-likeness (QED) is 0.457. The van der Waals surface area contributed by atoms with Gasteiger partial charge >= 0.3 is 5.97 Å². The van der Waals surface area contributed by atoms with Gasteiger partial charge < -0.3 is 9.64 Å². The van der Waals surface area contributed by atoms with Crippen LogP contribution in [0.1, 0.15) is 33.2 Å². The molecule has 7 heteroatoms. The van der Waals surface area contributed by atoms with Gasteiger partial charge in [-0.25, -0.2) is 4.79 Å². The van der Waals surface area contributed by atoms with Crippen LogP contribution < -0.4 is 0 Å². The zero-order valence-electron chi connectivity index (χ0n) is 14.0. The summed E-state index contributed by atoms with van der Waals surface area (Å²) in [5.74, 6) is -1.12. The lowest BCUT2D eigenvalue weighted by molar-refractivity contribution is -0.384. The highest BCUT2D eigenvalue weighted by Gasteiger charge is 2.21. The summed E-state index contributed by atoms with van der Waals surface area (Å²) in [5.41, 5.74) is 0.654. The number of methoxy groups -OCH3 is 1. The molecule has 0 spiro atoms. The second-order valence-electron chi connectivity index (χ2n) is 5.32. The minimum absolute atomic E-state index is 0.0317. The zero-order chi connectivity index (χ0) is 18.4. The second kappa shape index (κ2) is 8.05.